The van der Waals surface area contributed by atoms with E-state index >= 15 is 0 Å². The lowest BCUT2D eigenvalue weighted by molar-refractivity contribution is 0.0344. The summed E-state index contributed by atoms with van der Waals surface area (Å²) in [6.07, 6.45) is 9.78. The molecule has 0 bridgehead atoms. The molecule has 0 aromatic carbocycles. The van der Waals surface area contributed by atoms with E-state index in [1.54, 1.807) is 0 Å². The van der Waals surface area contributed by atoms with Gasteiger partial charge in [0.1, 0.15) is 5.82 Å². The lowest BCUT2D eigenvalue weighted by Crippen LogP contribution is -2.39. The molecule has 0 saturated carbocycles. The monoisotopic (exact) mass is 376 g/mol. The van der Waals surface area contributed by atoms with E-state index in [-0.39, 0.29) is 18.2 Å². The van der Waals surface area contributed by atoms with E-state index in [1.165, 1.54) is 18.4 Å². The van der Waals surface area contributed by atoms with Crippen LogP contribution in [0, 0.1) is 6.92 Å². The standard InChI is InChI=1S/C20H29ClN4O/c1-13(2)26-15-8-9-17(21)16(12-15)18-7-5-4-6-10-25(18)19-11-14(3)23-20(22)24-19/h8-9,11,13,15,18H,4-7,10,12H2,1-3H3,(H2,22,23,24)/t15?,18-/m1/s1. The number of hydrogen-bond acceptors (Lipinski definition) is 5. The second-order valence-electron chi connectivity index (χ2n) is 7.44. The number of aryl methyl sites for hydroxylation is 1. The number of halogens is 1. The van der Waals surface area contributed by atoms with Gasteiger partial charge in [-0.25, -0.2) is 4.98 Å². The highest BCUT2D eigenvalue weighted by molar-refractivity contribution is 6.31. The van der Waals surface area contributed by atoms with Gasteiger partial charge < -0.3 is 15.4 Å². The normalized spacial score (nSPS) is 24.3. The fraction of sp³-hybridized carbons (Fsp3) is 0.600. The van der Waals surface area contributed by atoms with Crippen molar-refractivity contribution >= 4 is 23.4 Å². The topological polar surface area (TPSA) is 64.3 Å². The Morgan fingerprint density at radius 1 is 1.27 bits per heavy atom. The first-order valence-electron chi connectivity index (χ1n) is 9.54. The lowest BCUT2D eigenvalue weighted by atomic mass is 9.92. The molecule has 1 unspecified atom stereocenters. The van der Waals surface area contributed by atoms with Crippen LogP contribution in [0.25, 0.3) is 0 Å². The minimum absolute atomic E-state index is 0.0785. The van der Waals surface area contributed by atoms with Crippen LogP contribution in [0.1, 0.15) is 51.6 Å². The predicted octanol–water partition coefficient (Wildman–Crippen LogP) is 4.36. The van der Waals surface area contributed by atoms with E-state index in [2.05, 4.69) is 34.8 Å². The molecule has 142 valence electrons. The average molecular weight is 377 g/mol. The van der Waals surface area contributed by atoms with Crippen LogP contribution < -0.4 is 10.6 Å². The highest BCUT2D eigenvalue weighted by atomic mass is 35.5. The number of hydrogen-bond donors (Lipinski definition) is 1. The zero-order valence-corrected chi connectivity index (χ0v) is 16.7. The molecule has 2 aliphatic rings. The van der Waals surface area contributed by atoms with Crippen LogP contribution in [0.3, 0.4) is 0 Å². The van der Waals surface area contributed by atoms with Crippen LogP contribution in [-0.4, -0.2) is 34.8 Å². The van der Waals surface area contributed by atoms with Crippen molar-refractivity contribution in [1.82, 2.24) is 9.97 Å². The Hall–Kier alpha value is -1.59. The summed E-state index contributed by atoms with van der Waals surface area (Å²) in [6, 6.07) is 2.24. The zero-order valence-electron chi connectivity index (χ0n) is 15.9. The second-order valence-corrected chi connectivity index (χ2v) is 7.85. The smallest absolute Gasteiger partial charge is 0.222 e. The summed E-state index contributed by atoms with van der Waals surface area (Å²) in [7, 11) is 0. The first-order valence-corrected chi connectivity index (χ1v) is 9.92. The van der Waals surface area contributed by atoms with Crippen molar-refractivity contribution in [2.45, 2.75) is 71.1 Å². The van der Waals surface area contributed by atoms with E-state index in [0.717, 1.165) is 42.4 Å². The van der Waals surface area contributed by atoms with Gasteiger partial charge in [-0.3, -0.25) is 0 Å². The molecule has 1 aromatic heterocycles. The van der Waals surface area contributed by atoms with E-state index in [4.69, 9.17) is 22.1 Å². The summed E-state index contributed by atoms with van der Waals surface area (Å²) in [5.74, 6) is 1.22. The van der Waals surface area contributed by atoms with Gasteiger partial charge >= 0.3 is 0 Å². The van der Waals surface area contributed by atoms with Crippen molar-refractivity contribution in [2.24, 2.45) is 0 Å². The van der Waals surface area contributed by atoms with Gasteiger partial charge in [0.05, 0.1) is 18.2 Å². The third-order valence-corrected chi connectivity index (χ3v) is 5.31. The maximum absolute atomic E-state index is 6.64. The maximum Gasteiger partial charge on any atom is 0.222 e. The number of allylic oxidation sites excluding steroid dienone is 2. The first-order chi connectivity index (χ1) is 12.4. The summed E-state index contributed by atoms with van der Waals surface area (Å²) in [5, 5.41) is 0.837. The van der Waals surface area contributed by atoms with Gasteiger partial charge in [-0.05, 0) is 45.3 Å². The highest BCUT2D eigenvalue weighted by Crippen LogP contribution is 2.35. The van der Waals surface area contributed by atoms with Crippen LogP contribution in [0.4, 0.5) is 11.8 Å². The largest absolute Gasteiger partial charge is 0.371 e. The molecule has 0 radical (unpaired) electrons. The summed E-state index contributed by atoms with van der Waals surface area (Å²) in [4.78, 5) is 11.1. The SMILES string of the molecule is Cc1cc(N2CCCCC[C@@H]2C2=C(Cl)C=CC(OC(C)C)C2)nc(N)n1. The lowest BCUT2D eigenvalue weighted by Gasteiger charge is -2.36. The molecule has 2 atom stereocenters. The van der Waals surface area contributed by atoms with Gasteiger partial charge in [0.2, 0.25) is 5.95 Å². The third kappa shape index (κ3) is 4.57. The molecule has 1 aliphatic carbocycles. The third-order valence-electron chi connectivity index (χ3n) is 4.94. The number of ether oxygens (including phenoxy) is 1. The molecule has 1 aliphatic heterocycles. The van der Waals surface area contributed by atoms with Crippen molar-refractivity contribution in [1.29, 1.82) is 0 Å². The Kier molecular flexibility index (Phi) is 6.20. The number of anilines is 2. The molecule has 1 aromatic rings. The molecular formula is C20H29ClN4O. The number of aromatic nitrogens is 2. The van der Waals surface area contributed by atoms with Gasteiger partial charge in [0, 0.05) is 29.8 Å². The van der Waals surface area contributed by atoms with Gasteiger partial charge in [0.25, 0.3) is 0 Å². The van der Waals surface area contributed by atoms with Crippen LogP contribution in [0.15, 0.2) is 28.8 Å². The van der Waals surface area contributed by atoms with Crippen LogP contribution in [-0.2, 0) is 4.74 Å². The molecule has 1 fully saturated rings. The fourth-order valence-corrected chi connectivity index (χ4v) is 4.16. The van der Waals surface area contributed by atoms with Crippen molar-refractivity contribution in [3.63, 3.8) is 0 Å². The quantitative estimate of drug-likeness (QED) is 0.845. The summed E-state index contributed by atoms with van der Waals surface area (Å²) in [5.41, 5.74) is 8.05. The van der Waals surface area contributed by atoms with Crippen molar-refractivity contribution in [2.75, 3.05) is 17.2 Å². The van der Waals surface area contributed by atoms with E-state index in [0.29, 0.717) is 5.95 Å². The van der Waals surface area contributed by atoms with Crippen molar-refractivity contribution < 1.29 is 4.74 Å². The second kappa shape index (κ2) is 8.40. The Labute approximate surface area is 161 Å². The first kappa shape index (κ1) is 19.2. The van der Waals surface area contributed by atoms with Crippen LogP contribution in [0.5, 0.6) is 0 Å². The Morgan fingerprint density at radius 2 is 2.08 bits per heavy atom. The van der Waals surface area contributed by atoms with E-state index in [1.807, 2.05) is 19.1 Å². The summed E-state index contributed by atoms with van der Waals surface area (Å²) in [6.45, 7) is 7.04. The molecule has 6 heteroatoms. The number of nitrogens with zero attached hydrogens (tertiary/aromatic N) is 3. The van der Waals surface area contributed by atoms with Gasteiger partial charge in [-0.15, -0.1) is 0 Å². The van der Waals surface area contributed by atoms with E-state index in [9.17, 15) is 0 Å². The minimum Gasteiger partial charge on any atom is -0.371 e. The molecular weight excluding hydrogens is 348 g/mol. The molecule has 0 spiro atoms. The molecule has 2 N–H and O–H groups in total. The van der Waals surface area contributed by atoms with Crippen LogP contribution in [0.2, 0.25) is 0 Å². The molecule has 3 rings (SSSR count). The Morgan fingerprint density at radius 3 is 2.81 bits per heavy atom. The van der Waals surface area contributed by atoms with Crippen molar-refractivity contribution in [3.05, 3.63) is 34.5 Å². The van der Waals surface area contributed by atoms with Gasteiger partial charge in [-0.1, -0.05) is 30.5 Å². The highest BCUT2D eigenvalue weighted by Gasteiger charge is 2.30. The number of nitrogens with two attached hydrogens (primary N) is 1. The van der Waals surface area contributed by atoms with Gasteiger partial charge in [0.15, 0.2) is 0 Å². The molecule has 1 saturated heterocycles. The molecule has 0 amide bonds. The van der Waals surface area contributed by atoms with Crippen molar-refractivity contribution in [3.8, 4) is 0 Å². The number of nitrogen functional groups attached to an aromatic ring is 1. The maximum atomic E-state index is 6.64. The summed E-state index contributed by atoms with van der Waals surface area (Å²) < 4.78 is 6.03. The average Bonchev–Trinajstić information content (AvgIpc) is 2.81. The predicted molar refractivity (Wildman–Crippen MR) is 107 cm³/mol. The molecule has 2 heterocycles. The molecule has 5 nitrogen and oxygen atoms in total. The number of rotatable bonds is 4. The van der Waals surface area contributed by atoms with Gasteiger partial charge in [-0.2, -0.15) is 4.98 Å². The Balaban J connectivity index is 1.92. The Bertz CT molecular complexity index is 681. The minimum atomic E-state index is 0.0785. The zero-order chi connectivity index (χ0) is 18.7. The van der Waals surface area contributed by atoms with E-state index < -0.39 is 0 Å². The summed E-state index contributed by atoms with van der Waals surface area (Å²) >= 11 is 6.64. The van der Waals surface area contributed by atoms with Crippen LogP contribution >= 0.6 is 11.6 Å². The fourth-order valence-electron chi connectivity index (χ4n) is 3.89. The molecule has 26 heavy (non-hydrogen) atoms.